The minimum Gasteiger partial charge on any atom is -0.322 e. The van der Waals surface area contributed by atoms with Gasteiger partial charge >= 0.3 is 0 Å². The fourth-order valence-corrected chi connectivity index (χ4v) is 2.92. The molecule has 0 saturated heterocycles. The van der Waals surface area contributed by atoms with E-state index in [4.69, 9.17) is 5.73 Å². The Kier molecular flexibility index (Phi) is 4.22. The quantitative estimate of drug-likeness (QED) is 0.593. The van der Waals surface area contributed by atoms with Crippen LogP contribution in [0.4, 0.5) is 4.39 Å². The summed E-state index contributed by atoms with van der Waals surface area (Å²) in [7, 11) is 1.95. The second-order valence-corrected chi connectivity index (χ2v) is 5.69. The lowest BCUT2D eigenvalue weighted by atomic mass is 10.1. The number of nitrogens with two attached hydrogens (primary N) is 1. The molecule has 2 heterocycles. The highest BCUT2D eigenvalue weighted by Gasteiger charge is 2.17. The number of thioether (sulfide) groups is 1. The summed E-state index contributed by atoms with van der Waals surface area (Å²) in [5, 5.41) is 0.827. The van der Waals surface area contributed by atoms with Crippen LogP contribution in [0.3, 0.4) is 0 Å². The van der Waals surface area contributed by atoms with E-state index in [1.165, 1.54) is 23.9 Å². The number of hydrogen-bond donors (Lipinski definition) is 1. The Morgan fingerprint density at radius 2 is 1.77 bits per heavy atom. The van der Waals surface area contributed by atoms with Crippen molar-refractivity contribution < 1.29 is 4.39 Å². The van der Waals surface area contributed by atoms with E-state index in [1.807, 2.05) is 23.7 Å². The van der Waals surface area contributed by atoms with Crippen molar-refractivity contribution in [1.82, 2.24) is 14.5 Å². The molecule has 0 aliphatic carbocycles. The van der Waals surface area contributed by atoms with E-state index in [2.05, 4.69) is 9.97 Å². The molecular formula is C16H15FN4S. The molecule has 6 heteroatoms. The Balaban J connectivity index is 2.20. The zero-order valence-electron chi connectivity index (χ0n) is 12.0. The molecule has 0 aliphatic heterocycles. The predicted octanol–water partition coefficient (Wildman–Crippen LogP) is 3.30. The lowest BCUT2D eigenvalue weighted by Crippen LogP contribution is -1.98. The van der Waals surface area contributed by atoms with Gasteiger partial charge in [-0.1, -0.05) is 11.8 Å². The third-order valence-electron chi connectivity index (χ3n) is 3.34. The standard InChI is InChI=1S/C16H15FN4S/c1-21-15(12-6-8-19-9-7-12)14(20-16(21)22-10-18)11-2-4-13(17)5-3-11/h2-9H,10,18H2,1H3. The van der Waals surface area contributed by atoms with Gasteiger partial charge in [0.05, 0.1) is 11.4 Å². The van der Waals surface area contributed by atoms with Crippen molar-refractivity contribution in [3.05, 3.63) is 54.6 Å². The topological polar surface area (TPSA) is 56.7 Å². The highest BCUT2D eigenvalue weighted by Crippen LogP contribution is 2.34. The second-order valence-electron chi connectivity index (χ2n) is 4.70. The van der Waals surface area contributed by atoms with Crippen LogP contribution in [-0.2, 0) is 7.05 Å². The number of benzene rings is 1. The van der Waals surface area contributed by atoms with Gasteiger partial charge in [0.2, 0.25) is 0 Å². The number of halogens is 1. The molecule has 0 amide bonds. The molecule has 2 N–H and O–H groups in total. The zero-order valence-corrected chi connectivity index (χ0v) is 12.8. The summed E-state index contributed by atoms with van der Waals surface area (Å²) in [4.78, 5) is 8.73. The number of aromatic nitrogens is 3. The molecule has 0 bridgehead atoms. The fourth-order valence-electron chi connectivity index (χ4n) is 2.33. The van der Waals surface area contributed by atoms with Gasteiger partial charge < -0.3 is 10.3 Å². The van der Waals surface area contributed by atoms with Gasteiger partial charge in [0.1, 0.15) is 5.82 Å². The molecule has 0 atom stereocenters. The maximum Gasteiger partial charge on any atom is 0.170 e. The third-order valence-corrected chi connectivity index (χ3v) is 4.13. The summed E-state index contributed by atoms with van der Waals surface area (Å²) in [6.07, 6.45) is 3.49. The minimum atomic E-state index is -0.262. The van der Waals surface area contributed by atoms with Crippen LogP contribution in [0, 0.1) is 5.82 Å². The van der Waals surface area contributed by atoms with Gasteiger partial charge in [-0.05, 0) is 36.4 Å². The van der Waals surface area contributed by atoms with Crippen LogP contribution in [0.1, 0.15) is 0 Å². The molecule has 0 radical (unpaired) electrons. The Morgan fingerprint density at radius 1 is 1.09 bits per heavy atom. The minimum absolute atomic E-state index is 0.262. The largest absolute Gasteiger partial charge is 0.322 e. The number of imidazole rings is 1. The maximum absolute atomic E-state index is 13.2. The van der Waals surface area contributed by atoms with Crippen molar-refractivity contribution in [3.63, 3.8) is 0 Å². The van der Waals surface area contributed by atoms with Crippen molar-refractivity contribution >= 4 is 11.8 Å². The maximum atomic E-state index is 13.2. The Labute approximate surface area is 132 Å². The zero-order chi connectivity index (χ0) is 15.5. The van der Waals surface area contributed by atoms with E-state index >= 15 is 0 Å². The van der Waals surface area contributed by atoms with Gasteiger partial charge in [-0.3, -0.25) is 4.98 Å². The molecule has 2 aromatic heterocycles. The average molecular weight is 314 g/mol. The van der Waals surface area contributed by atoms with Gasteiger partial charge in [-0.25, -0.2) is 9.37 Å². The first-order chi connectivity index (χ1) is 10.7. The summed E-state index contributed by atoms with van der Waals surface area (Å²) in [5.74, 6) is 0.186. The van der Waals surface area contributed by atoms with Crippen LogP contribution in [0.25, 0.3) is 22.5 Å². The first-order valence-corrected chi connectivity index (χ1v) is 7.75. The molecule has 1 aromatic carbocycles. The van der Waals surface area contributed by atoms with Crippen LogP contribution >= 0.6 is 11.8 Å². The third kappa shape index (κ3) is 2.75. The van der Waals surface area contributed by atoms with E-state index in [1.54, 1.807) is 24.5 Å². The van der Waals surface area contributed by atoms with E-state index in [0.717, 1.165) is 27.7 Å². The number of rotatable bonds is 4. The average Bonchev–Trinajstić information content (AvgIpc) is 2.86. The normalized spacial score (nSPS) is 10.9. The van der Waals surface area contributed by atoms with E-state index < -0.39 is 0 Å². The molecule has 3 aromatic rings. The SMILES string of the molecule is Cn1c(SCN)nc(-c2ccc(F)cc2)c1-c1ccncc1. The first kappa shape index (κ1) is 14.7. The van der Waals surface area contributed by atoms with Crippen LogP contribution in [0.5, 0.6) is 0 Å². The summed E-state index contributed by atoms with van der Waals surface area (Å²) >= 11 is 1.47. The van der Waals surface area contributed by atoms with E-state index in [-0.39, 0.29) is 5.82 Å². The van der Waals surface area contributed by atoms with Crippen LogP contribution in [0.15, 0.2) is 53.9 Å². The van der Waals surface area contributed by atoms with Crippen molar-refractivity contribution in [2.75, 3.05) is 5.88 Å². The van der Waals surface area contributed by atoms with Crippen molar-refractivity contribution in [1.29, 1.82) is 0 Å². The number of nitrogens with zero attached hydrogens (tertiary/aromatic N) is 3. The Hall–Kier alpha value is -2.18. The molecule has 0 aliphatic rings. The molecule has 3 rings (SSSR count). The van der Waals surface area contributed by atoms with E-state index in [0.29, 0.717) is 5.88 Å². The van der Waals surface area contributed by atoms with Gasteiger partial charge in [-0.15, -0.1) is 0 Å². The summed E-state index contributed by atoms with van der Waals surface area (Å²) in [5.41, 5.74) is 9.28. The van der Waals surface area contributed by atoms with Crippen LogP contribution in [-0.4, -0.2) is 20.4 Å². The lowest BCUT2D eigenvalue weighted by molar-refractivity contribution is 0.628. The van der Waals surface area contributed by atoms with Crippen molar-refractivity contribution in [2.24, 2.45) is 12.8 Å². The molecule has 0 saturated carbocycles. The van der Waals surface area contributed by atoms with E-state index in [9.17, 15) is 4.39 Å². The van der Waals surface area contributed by atoms with Gasteiger partial charge in [0.25, 0.3) is 0 Å². The number of hydrogen-bond acceptors (Lipinski definition) is 4. The monoisotopic (exact) mass is 314 g/mol. The highest BCUT2D eigenvalue weighted by molar-refractivity contribution is 7.99. The second kappa shape index (κ2) is 6.29. The van der Waals surface area contributed by atoms with Crippen molar-refractivity contribution in [2.45, 2.75) is 5.16 Å². The molecule has 22 heavy (non-hydrogen) atoms. The number of pyridine rings is 1. The van der Waals surface area contributed by atoms with Gasteiger partial charge in [0.15, 0.2) is 5.16 Å². The molecule has 0 unspecified atom stereocenters. The summed E-state index contributed by atoms with van der Waals surface area (Å²) in [6.45, 7) is 0. The van der Waals surface area contributed by atoms with Crippen LogP contribution in [0.2, 0.25) is 0 Å². The predicted molar refractivity (Wildman–Crippen MR) is 86.7 cm³/mol. The summed E-state index contributed by atoms with van der Waals surface area (Å²) in [6, 6.07) is 10.2. The van der Waals surface area contributed by atoms with Crippen molar-refractivity contribution in [3.8, 4) is 22.5 Å². The smallest absolute Gasteiger partial charge is 0.170 e. The van der Waals surface area contributed by atoms with Gasteiger partial charge in [-0.2, -0.15) is 0 Å². The molecule has 112 valence electrons. The Morgan fingerprint density at radius 3 is 2.41 bits per heavy atom. The molecule has 0 fully saturated rings. The van der Waals surface area contributed by atoms with Crippen LogP contribution < -0.4 is 5.73 Å². The Bertz CT molecular complexity index is 769. The first-order valence-electron chi connectivity index (χ1n) is 6.76. The van der Waals surface area contributed by atoms with Gasteiger partial charge in [0, 0.05) is 36.4 Å². The molecule has 4 nitrogen and oxygen atoms in total. The highest BCUT2D eigenvalue weighted by atomic mass is 32.2. The fraction of sp³-hybridized carbons (Fsp3) is 0.125. The summed E-state index contributed by atoms with van der Waals surface area (Å²) < 4.78 is 15.2. The molecule has 0 spiro atoms. The lowest BCUT2D eigenvalue weighted by Gasteiger charge is -2.07. The molecular weight excluding hydrogens is 299 g/mol.